The lowest BCUT2D eigenvalue weighted by atomic mass is 10.1. The van der Waals surface area contributed by atoms with E-state index in [1.165, 1.54) is 71.4 Å². The Morgan fingerprint density at radius 1 is 1.00 bits per heavy atom. The fraction of sp³-hybridized carbons (Fsp3) is 1.00. The van der Waals surface area contributed by atoms with E-state index >= 15 is 0 Å². The van der Waals surface area contributed by atoms with Crippen LogP contribution in [0.1, 0.15) is 46.0 Å². The van der Waals surface area contributed by atoms with Gasteiger partial charge in [0, 0.05) is 18.6 Å². The Morgan fingerprint density at radius 3 is 2.44 bits per heavy atom. The Kier molecular flexibility index (Phi) is 5.93. The first-order valence-electron chi connectivity index (χ1n) is 7.98. The molecule has 2 saturated heterocycles. The summed E-state index contributed by atoms with van der Waals surface area (Å²) in [4.78, 5) is 5.21. The molecule has 3 heteroatoms. The minimum Gasteiger partial charge on any atom is -0.310 e. The van der Waals surface area contributed by atoms with Gasteiger partial charge in [-0.1, -0.05) is 6.92 Å². The zero-order valence-corrected chi connectivity index (χ0v) is 12.3. The maximum atomic E-state index is 3.86. The van der Waals surface area contributed by atoms with Crippen LogP contribution in [0, 0.1) is 0 Å². The number of hydrogen-bond donors (Lipinski definition) is 1. The molecule has 0 aromatic heterocycles. The van der Waals surface area contributed by atoms with Crippen molar-refractivity contribution in [2.45, 2.75) is 58.0 Å². The van der Waals surface area contributed by atoms with Crippen molar-refractivity contribution in [3.8, 4) is 0 Å². The Bertz CT molecular complexity index is 226. The molecule has 2 unspecified atom stereocenters. The summed E-state index contributed by atoms with van der Waals surface area (Å²) >= 11 is 0. The molecule has 0 aromatic carbocycles. The topological polar surface area (TPSA) is 18.5 Å². The molecule has 2 atom stereocenters. The molecule has 0 amide bonds. The maximum absolute atomic E-state index is 3.86. The van der Waals surface area contributed by atoms with Gasteiger partial charge >= 0.3 is 0 Å². The van der Waals surface area contributed by atoms with Gasteiger partial charge in [0.05, 0.1) is 0 Å². The number of nitrogens with one attached hydrogen (secondary N) is 1. The highest BCUT2D eigenvalue weighted by Gasteiger charge is 2.19. The molecule has 2 aliphatic rings. The second-order valence-electron chi connectivity index (χ2n) is 6.14. The highest BCUT2D eigenvalue weighted by molar-refractivity contribution is 4.79. The average molecular weight is 253 g/mol. The summed E-state index contributed by atoms with van der Waals surface area (Å²) in [5, 5.41) is 3.86. The van der Waals surface area contributed by atoms with Crippen LogP contribution in [0.2, 0.25) is 0 Å². The molecule has 0 spiro atoms. The Morgan fingerprint density at radius 2 is 1.72 bits per heavy atom. The predicted octanol–water partition coefficient (Wildman–Crippen LogP) is 1.93. The van der Waals surface area contributed by atoms with Crippen LogP contribution in [0.25, 0.3) is 0 Å². The lowest BCUT2D eigenvalue weighted by molar-refractivity contribution is 0.273. The first kappa shape index (κ1) is 14.3. The van der Waals surface area contributed by atoms with E-state index in [1.54, 1.807) is 0 Å². The van der Waals surface area contributed by atoms with Gasteiger partial charge in [0.25, 0.3) is 0 Å². The van der Waals surface area contributed by atoms with Gasteiger partial charge in [0.2, 0.25) is 0 Å². The van der Waals surface area contributed by atoms with Gasteiger partial charge in [-0.3, -0.25) is 0 Å². The molecule has 3 nitrogen and oxygen atoms in total. The first-order valence-corrected chi connectivity index (χ1v) is 7.98. The Hall–Kier alpha value is -0.120. The fourth-order valence-corrected chi connectivity index (χ4v) is 3.45. The minimum absolute atomic E-state index is 0.654. The van der Waals surface area contributed by atoms with Crippen molar-refractivity contribution in [2.24, 2.45) is 0 Å². The van der Waals surface area contributed by atoms with Gasteiger partial charge in [0.1, 0.15) is 0 Å². The maximum Gasteiger partial charge on any atom is 0.0169 e. The number of hydrogen-bond acceptors (Lipinski definition) is 3. The van der Waals surface area contributed by atoms with Crippen LogP contribution in [0.4, 0.5) is 0 Å². The Balaban J connectivity index is 1.67. The highest BCUT2D eigenvalue weighted by atomic mass is 15.2. The molecule has 1 N–H and O–H groups in total. The molecule has 0 aliphatic carbocycles. The van der Waals surface area contributed by atoms with E-state index in [9.17, 15) is 0 Å². The van der Waals surface area contributed by atoms with Crippen molar-refractivity contribution >= 4 is 0 Å². The van der Waals surface area contributed by atoms with E-state index < -0.39 is 0 Å². The smallest absolute Gasteiger partial charge is 0.0169 e. The number of rotatable bonds is 5. The molecule has 0 bridgehead atoms. The predicted molar refractivity (Wildman–Crippen MR) is 78.0 cm³/mol. The molecule has 2 fully saturated rings. The third-order valence-electron chi connectivity index (χ3n) is 4.52. The molecule has 106 valence electrons. The minimum atomic E-state index is 0.654. The zero-order chi connectivity index (χ0) is 12.8. The Labute approximate surface area is 113 Å². The summed E-state index contributed by atoms with van der Waals surface area (Å²) in [6.45, 7) is 12.3. The second-order valence-corrected chi connectivity index (χ2v) is 6.14. The highest BCUT2D eigenvalue weighted by Crippen LogP contribution is 2.13. The SMILES string of the molecule is CCN1CCCC(NC(C)CN2CCCC2)CC1. The van der Waals surface area contributed by atoms with E-state index in [0.717, 1.165) is 6.04 Å². The summed E-state index contributed by atoms with van der Waals surface area (Å²) < 4.78 is 0. The van der Waals surface area contributed by atoms with Crippen molar-refractivity contribution in [3.63, 3.8) is 0 Å². The standard InChI is InChI=1S/C15H31N3/c1-3-17-11-6-7-15(8-12-17)16-14(2)13-18-9-4-5-10-18/h14-16H,3-13H2,1-2H3. The largest absolute Gasteiger partial charge is 0.310 e. The zero-order valence-electron chi connectivity index (χ0n) is 12.3. The summed E-state index contributed by atoms with van der Waals surface area (Å²) in [5.41, 5.74) is 0. The first-order chi connectivity index (χ1) is 8.78. The van der Waals surface area contributed by atoms with E-state index in [2.05, 4.69) is 29.0 Å². The van der Waals surface area contributed by atoms with E-state index in [-0.39, 0.29) is 0 Å². The molecule has 2 aliphatic heterocycles. The van der Waals surface area contributed by atoms with Crippen LogP contribution in [0.5, 0.6) is 0 Å². The van der Waals surface area contributed by atoms with E-state index in [1.807, 2.05) is 0 Å². The van der Waals surface area contributed by atoms with Crippen LogP contribution < -0.4 is 5.32 Å². The third-order valence-corrected chi connectivity index (χ3v) is 4.52. The molecule has 0 aromatic rings. The molecule has 2 rings (SSSR count). The van der Waals surface area contributed by atoms with Crippen LogP contribution in [-0.2, 0) is 0 Å². The van der Waals surface area contributed by atoms with Crippen molar-refractivity contribution in [1.82, 2.24) is 15.1 Å². The van der Waals surface area contributed by atoms with E-state index in [0.29, 0.717) is 6.04 Å². The second kappa shape index (κ2) is 7.46. The number of nitrogens with zero attached hydrogens (tertiary/aromatic N) is 2. The van der Waals surface area contributed by atoms with Gasteiger partial charge in [-0.25, -0.2) is 0 Å². The summed E-state index contributed by atoms with van der Waals surface area (Å²) in [6.07, 6.45) is 6.87. The van der Waals surface area contributed by atoms with Gasteiger partial charge in [-0.2, -0.15) is 0 Å². The van der Waals surface area contributed by atoms with Gasteiger partial charge in [-0.15, -0.1) is 0 Å². The third kappa shape index (κ3) is 4.52. The van der Waals surface area contributed by atoms with Crippen molar-refractivity contribution in [2.75, 3.05) is 39.3 Å². The molecule has 2 heterocycles. The summed E-state index contributed by atoms with van der Waals surface area (Å²) in [6, 6.07) is 1.40. The lowest BCUT2D eigenvalue weighted by Gasteiger charge is -2.26. The monoisotopic (exact) mass is 253 g/mol. The molecule has 0 radical (unpaired) electrons. The van der Waals surface area contributed by atoms with Crippen LogP contribution in [0.3, 0.4) is 0 Å². The number of likely N-dealkylation sites (tertiary alicyclic amines) is 2. The van der Waals surface area contributed by atoms with Crippen LogP contribution in [0.15, 0.2) is 0 Å². The van der Waals surface area contributed by atoms with Crippen molar-refractivity contribution in [3.05, 3.63) is 0 Å². The van der Waals surface area contributed by atoms with Gasteiger partial charge in [-0.05, 0) is 71.8 Å². The van der Waals surface area contributed by atoms with Crippen LogP contribution >= 0.6 is 0 Å². The molecular formula is C15H31N3. The summed E-state index contributed by atoms with van der Waals surface area (Å²) in [5.74, 6) is 0. The normalized spacial score (nSPS) is 29.3. The quantitative estimate of drug-likeness (QED) is 0.808. The van der Waals surface area contributed by atoms with Gasteiger partial charge < -0.3 is 15.1 Å². The molecule has 18 heavy (non-hydrogen) atoms. The van der Waals surface area contributed by atoms with Gasteiger partial charge in [0.15, 0.2) is 0 Å². The van der Waals surface area contributed by atoms with Crippen molar-refractivity contribution < 1.29 is 0 Å². The lowest BCUT2D eigenvalue weighted by Crippen LogP contribution is -2.43. The average Bonchev–Trinajstić information content (AvgIpc) is 2.75. The molecular weight excluding hydrogens is 222 g/mol. The van der Waals surface area contributed by atoms with E-state index in [4.69, 9.17) is 0 Å². The van der Waals surface area contributed by atoms with Crippen molar-refractivity contribution in [1.29, 1.82) is 0 Å². The molecule has 0 saturated carbocycles. The fourth-order valence-electron chi connectivity index (χ4n) is 3.45. The van der Waals surface area contributed by atoms with Crippen LogP contribution in [-0.4, -0.2) is 61.2 Å². The summed E-state index contributed by atoms with van der Waals surface area (Å²) in [7, 11) is 0.